The van der Waals surface area contributed by atoms with E-state index in [-0.39, 0.29) is 129 Å². The molecule has 686 valence electrons. The van der Waals surface area contributed by atoms with Crippen molar-refractivity contribution in [2.45, 2.75) is 197 Å². The van der Waals surface area contributed by atoms with Crippen LogP contribution in [0, 0.1) is 40.4 Å². The van der Waals surface area contributed by atoms with E-state index >= 15 is 4.79 Å². The summed E-state index contributed by atoms with van der Waals surface area (Å²) < 4.78 is 31.5. The molecule has 35 nitrogen and oxygen atoms in total. The maximum absolute atomic E-state index is 15.5. The number of ketones is 1. The van der Waals surface area contributed by atoms with E-state index in [1.807, 2.05) is 51.4 Å². The van der Waals surface area contributed by atoms with Gasteiger partial charge in [0.05, 0.1) is 53.1 Å². The van der Waals surface area contributed by atoms with Gasteiger partial charge >= 0.3 is 12.2 Å². The molecule has 9 aliphatic rings. The van der Waals surface area contributed by atoms with Crippen LogP contribution < -0.4 is 57.5 Å². The van der Waals surface area contributed by atoms with E-state index in [0.717, 1.165) is 119 Å². The number of imide groups is 1. The number of Topliss-reactive ketones (excluding diaryl/α,β-unsaturated/α-hetero) is 1. The lowest BCUT2D eigenvalue weighted by atomic mass is 9.67. The molecule has 3 aromatic heterocycles. The second kappa shape index (κ2) is 41.4. The highest BCUT2D eigenvalue weighted by molar-refractivity contribution is 6.13. The topological polar surface area (TPSA) is 451 Å². The summed E-state index contributed by atoms with van der Waals surface area (Å²) in [6.45, 7) is 13.8. The summed E-state index contributed by atoms with van der Waals surface area (Å²) in [6.07, 6.45) is 11.1. The van der Waals surface area contributed by atoms with Crippen molar-refractivity contribution in [2.24, 2.45) is 34.8 Å². The number of hydrogen-bond donors (Lipinski definition) is 8. The van der Waals surface area contributed by atoms with Gasteiger partial charge in [-0.25, -0.2) is 14.6 Å². The van der Waals surface area contributed by atoms with Crippen molar-refractivity contribution < 1.29 is 76.5 Å². The number of amides is 9. The predicted octanol–water partition coefficient (Wildman–Crippen LogP) is 8.35. The minimum atomic E-state index is -1.56. The molecule has 35 heteroatoms. The van der Waals surface area contributed by atoms with Gasteiger partial charge < -0.3 is 96.0 Å². The summed E-state index contributed by atoms with van der Waals surface area (Å²) in [5.74, 6) is -4.41. The van der Waals surface area contributed by atoms with E-state index in [0.29, 0.717) is 97.9 Å². The third kappa shape index (κ3) is 22.0. The molecule has 3 aromatic carbocycles. The lowest BCUT2D eigenvalue weighted by Gasteiger charge is -2.43. The van der Waals surface area contributed by atoms with Crippen LogP contribution in [0.15, 0.2) is 120 Å². The Morgan fingerprint density at radius 2 is 1.40 bits per heavy atom. The van der Waals surface area contributed by atoms with Crippen LogP contribution in [0.25, 0.3) is 11.3 Å². The Hall–Kier alpha value is -12.3. The Balaban J connectivity index is 0.534. The lowest BCUT2D eigenvalue weighted by molar-refractivity contribution is -0.151. The fourth-order valence-electron chi connectivity index (χ4n) is 19.7. The van der Waals surface area contributed by atoms with Gasteiger partial charge in [0, 0.05) is 175 Å². The van der Waals surface area contributed by atoms with Gasteiger partial charge in [0.2, 0.25) is 35.6 Å². The number of nitrogen functional groups attached to an aromatic ring is 1. The number of hydrogen-bond acceptors (Lipinski definition) is 27. The molecule has 9 atom stereocenters. The number of carbonyl (C=O) groups excluding carboxylic acids is 10. The number of carbonyl (C=O) groups is 10. The molecular formula is C94H119N19O16. The largest absolute Gasteiger partial charge is 0.509 e. The first-order valence-corrected chi connectivity index (χ1v) is 45.7. The fraction of sp³-hybridized carbons (Fsp3) is 0.543. The number of likely N-dealkylation sites (tertiary alicyclic amines) is 1. The van der Waals surface area contributed by atoms with Crippen molar-refractivity contribution >= 4 is 88.0 Å². The first-order chi connectivity index (χ1) is 62.3. The number of primary amides is 1. The summed E-state index contributed by atoms with van der Waals surface area (Å²) in [5.41, 5.74) is 15.1. The second-order valence-corrected chi connectivity index (χ2v) is 36.4. The maximum Gasteiger partial charge on any atom is 0.509 e. The average Bonchev–Trinajstić information content (AvgIpc) is 1.76. The molecule has 15 rings (SSSR count). The molecule has 6 aliphatic heterocycles. The molecule has 10 N–H and O–H groups in total. The zero-order valence-electron chi connectivity index (χ0n) is 73.8. The number of piperazine rings is 2. The molecular weight excluding hydrogens is 1650 g/mol. The highest BCUT2D eigenvalue weighted by Crippen LogP contribution is 2.46. The van der Waals surface area contributed by atoms with E-state index in [1.165, 1.54) is 36.4 Å². The lowest BCUT2D eigenvalue weighted by Crippen LogP contribution is -2.58. The van der Waals surface area contributed by atoms with E-state index in [2.05, 4.69) is 89.6 Å². The van der Waals surface area contributed by atoms with Crippen LogP contribution in [-0.4, -0.2) is 246 Å². The summed E-state index contributed by atoms with van der Waals surface area (Å²) in [5, 5.41) is 47.3. The number of nitriles is 1. The molecule has 9 heterocycles. The fourth-order valence-corrected chi connectivity index (χ4v) is 19.7. The van der Waals surface area contributed by atoms with Gasteiger partial charge in [0.1, 0.15) is 41.0 Å². The smallest absolute Gasteiger partial charge is 0.507 e. The monoisotopic (exact) mass is 1770 g/mol. The van der Waals surface area contributed by atoms with Crippen LogP contribution >= 0.6 is 0 Å². The number of phenolic OH excluding ortho intramolecular Hbond substituents is 1. The Kier molecular flexibility index (Phi) is 29.4. The molecule has 2 bridgehead atoms. The highest BCUT2D eigenvalue weighted by Gasteiger charge is 2.53. The Morgan fingerprint density at radius 3 is 2.09 bits per heavy atom. The Labute approximate surface area is 750 Å². The minimum absolute atomic E-state index is 0.0272. The molecule has 5 saturated heterocycles. The summed E-state index contributed by atoms with van der Waals surface area (Å²) in [7, 11) is 1.93. The number of benzene rings is 3. The van der Waals surface area contributed by atoms with Gasteiger partial charge in [-0.3, -0.25) is 43.3 Å². The number of nitrogens with zero attached hydrogens (tertiary/aromatic N) is 12. The Morgan fingerprint density at radius 1 is 0.705 bits per heavy atom. The van der Waals surface area contributed by atoms with Gasteiger partial charge in [0.25, 0.3) is 17.7 Å². The van der Waals surface area contributed by atoms with Gasteiger partial charge in [-0.05, 0) is 176 Å². The van der Waals surface area contributed by atoms with Crippen molar-refractivity contribution in [3.05, 3.63) is 138 Å². The Bertz CT molecular complexity index is 5060. The molecule has 6 aromatic rings. The molecule has 0 spiro atoms. The van der Waals surface area contributed by atoms with Crippen molar-refractivity contribution in [3.63, 3.8) is 0 Å². The van der Waals surface area contributed by atoms with Crippen molar-refractivity contribution in [3.8, 4) is 29.0 Å². The number of piperidine rings is 2. The third-order valence-electron chi connectivity index (χ3n) is 27.4. The number of phenols is 1. The number of anilines is 5. The number of nitrogens with two attached hydrogens (primary N) is 2. The number of aromatic hydroxyl groups is 1. The SMILES string of the molecule is CC(C)C(C(=O)C1C[C@H](OC(=O)OC(C(=O)N2CCN(C)CC2)c2ccc(NC(=O)[C@H](CCCNC(N)=O)NC(=O)C3(C(=O)NCCCCCN4C(=O)C=CC4=O)CCC3)cc2)C[C@H]1C(=O)N[C@@H](C)c1ccc(C#N)cc1)c1cc(N2CCC(CN3CCC(OC4CC(Oc5cc(N6C7CCC6CN(c6cc(-c8ccccc8O)nnc6N)C7)ccn5)C4)CC3)CC2)no1. The molecule has 8 fully saturated rings. The summed E-state index contributed by atoms with van der Waals surface area (Å²) >= 11 is 0. The number of aromatic nitrogens is 4. The zero-order chi connectivity index (χ0) is 90.6. The van der Waals surface area contributed by atoms with Crippen LogP contribution in [0.5, 0.6) is 11.6 Å². The van der Waals surface area contributed by atoms with Crippen LogP contribution in [0.3, 0.4) is 0 Å². The molecule has 129 heavy (non-hydrogen) atoms. The molecule has 5 unspecified atom stereocenters. The van der Waals surface area contributed by atoms with Crippen molar-refractivity contribution in [1.29, 1.82) is 5.26 Å². The minimum Gasteiger partial charge on any atom is -0.507 e. The quantitative estimate of drug-likeness (QED) is 0.00792. The number of pyridine rings is 1. The first-order valence-electron chi connectivity index (χ1n) is 45.7. The van der Waals surface area contributed by atoms with Gasteiger partial charge in [-0.15, -0.1) is 10.2 Å². The highest BCUT2D eigenvalue weighted by atomic mass is 16.7. The van der Waals surface area contributed by atoms with E-state index in [4.69, 9.17) is 34.9 Å². The second-order valence-electron chi connectivity index (χ2n) is 36.4. The van der Waals surface area contributed by atoms with E-state index in [9.17, 15) is 53.5 Å². The summed E-state index contributed by atoms with van der Waals surface area (Å²) in [4.78, 5) is 156. The maximum atomic E-state index is 15.5. The van der Waals surface area contributed by atoms with Gasteiger partial charge in [-0.1, -0.05) is 61.8 Å². The average molecular weight is 1770 g/mol. The summed E-state index contributed by atoms with van der Waals surface area (Å²) in [6, 6.07) is 28.0. The first kappa shape index (κ1) is 91.5. The third-order valence-corrected chi connectivity index (χ3v) is 27.4. The number of rotatable bonds is 36. The van der Waals surface area contributed by atoms with Crippen LogP contribution in [-0.2, 0) is 52.6 Å². The molecule has 3 saturated carbocycles. The van der Waals surface area contributed by atoms with Crippen LogP contribution in [0.4, 0.5) is 38.3 Å². The zero-order valence-corrected chi connectivity index (χ0v) is 73.8. The number of likely N-dealkylation sites (N-methyl/N-ethyl adjacent to an activating group) is 1. The van der Waals surface area contributed by atoms with Crippen molar-refractivity contribution in [2.75, 3.05) is 124 Å². The number of unbranched alkanes of at least 4 members (excludes halogenated alkanes) is 2. The molecule has 0 radical (unpaired) electrons. The number of fused-ring (bicyclic) bond motifs is 2. The van der Waals surface area contributed by atoms with Gasteiger partial charge in [-0.2, -0.15) is 5.26 Å². The molecule has 3 aliphatic carbocycles. The number of ether oxygens (including phenoxy) is 4. The normalized spacial score (nSPS) is 22.7. The number of nitrogens with one attached hydrogen (secondary N) is 5. The van der Waals surface area contributed by atoms with Crippen molar-refractivity contribution in [1.82, 2.24) is 61.2 Å². The van der Waals surface area contributed by atoms with Crippen LogP contribution in [0.1, 0.15) is 177 Å². The number of para-hydroxylation sites is 1. The van der Waals surface area contributed by atoms with Gasteiger partial charge in [0.15, 0.2) is 11.6 Å². The predicted molar refractivity (Wildman–Crippen MR) is 476 cm³/mol. The standard InChI is InChI=1S/C94H119N19O16/c1-57(2)83(78-52-79(106-129-78)109-40-28-60(29-41-109)54-108-38-30-67(31-39-108)125-68-47-69(48-68)126-80-46-64(27-36-98-80)113-65-23-24-66(113)56-111(55-65)76-51-75(104-105-86(76)96)71-12-6-7-14-77(71)114)84(117)72-49-70(50-73(72)87(118)101-58(3)61-17-15-59(53-95)16-18-61)127-93(124)128-85(89(120)110-44-42-107(4)43-45-110)62-19-21-63(22-20-62)102-88(119)74(13-10-35-100-92(97)123)103-91(122)94(32-11-33-94)90(121)99-34-8-5-9-37-112-81(115)25-26-82(112)116/h6-7,12,14-22,25-27,36,46,51-52,57-58,60,65-70,72-74,83,85,114H,5,8-11,13,23-24,28-35,37-45,47-50,54-56H2,1-4H3,(H2,96,105)(H,99,121)(H,101,118)(H,102,119)(H,103,122)(H3,97,100,123)/t58-,65?,66?,68?,69?,70-,72?,73+,74-,83?,85?/m0/s1. The number of urea groups is 1. The van der Waals surface area contributed by atoms with E-state index in [1.54, 1.807) is 48.2 Å². The van der Waals surface area contributed by atoms with E-state index < -0.39 is 89.2 Å². The molecule has 9 amide bonds. The van der Waals surface area contributed by atoms with Crippen LogP contribution in [0.2, 0.25) is 0 Å².